The SMILES string of the molecule is CCNC(=NCC(C)c1ccc(C)cc1)NCCN1C(=O)CCCC1=O. The summed E-state index contributed by atoms with van der Waals surface area (Å²) in [6, 6.07) is 8.52. The van der Waals surface area contributed by atoms with Crippen LogP contribution in [0.2, 0.25) is 0 Å². The Labute approximate surface area is 156 Å². The highest BCUT2D eigenvalue weighted by molar-refractivity contribution is 5.97. The summed E-state index contributed by atoms with van der Waals surface area (Å²) in [7, 11) is 0. The van der Waals surface area contributed by atoms with Crippen molar-refractivity contribution in [3.8, 4) is 0 Å². The highest BCUT2D eigenvalue weighted by Crippen LogP contribution is 2.16. The molecule has 1 unspecified atom stereocenters. The molecule has 2 rings (SSSR count). The van der Waals surface area contributed by atoms with Crippen LogP contribution in [0.15, 0.2) is 29.3 Å². The van der Waals surface area contributed by atoms with Crippen molar-refractivity contribution in [2.24, 2.45) is 4.99 Å². The maximum Gasteiger partial charge on any atom is 0.229 e. The number of aryl methyl sites for hydroxylation is 1. The van der Waals surface area contributed by atoms with Crippen molar-refractivity contribution in [3.63, 3.8) is 0 Å². The number of benzene rings is 1. The zero-order valence-electron chi connectivity index (χ0n) is 16.0. The van der Waals surface area contributed by atoms with Crippen molar-refractivity contribution < 1.29 is 9.59 Å². The average Bonchev–Trinajstić information content (AvgIpc) is 2.62. The van der Waals surface area contributed by atoms with Gasteiger partial charge in [-0.2, -0.15) is 0 Å². The number of hydrogen-bond acceptors (Lipinski definition) is 3. The van der Waals surface area contributed by atoms with Gasteiger partial charge in [-0.1, -0.05) is 36.8 Å². The molecule has 1 aromatic carbocycles. The van der Waals surface area contributed by atoms with Crippen LogP contribution in [0.4, 0.5) is 0 Å². The van der Waals surface area contributed by atoms with Gasteiger partial charge in [-0.15, -0.1) is 0 Å². The van der Waals surface area contributed by atoms with Crippen LogP contribution in [-0.2, 0) is 9.59 Å². The number of guanidine groups is 1. The predicted octanol–water partition coefficient (Wildman–Crippen LogP) is 2.19. The van der Waals surface area contributed by atoms with E-state index in [-0.39, 0.29) is 11.8 Å². The molecule has 1 atom stereocenters. The van der Waals surface area contributed by atoms with Crippen LogP contribution in [0.25, 0.3) is 0 Å². The standard InChI is InChI=1S/C20H30N4O2/c1-4-21-20(22-12-13-24-18(25)6-5-7-19(24)26)23-14-16(3)17-10-8-15(2)9-11-17/h8-11,16H,4-7,12-14H2,1-3H3,(H2,21,22,23). The molecule has 1 heterocycles. The normalized spacial score (nSPS) is 16.6. The van der Waals surface area contributed by atoms with Gasteiger partial charge in [-0.3, -0.25) is 19.5 Å². The highest BCUT2D eigenvalue weighted by Gasteiger charge is 2.25. The van der Waals surface area contributed by atoms with Crippen molar-refractivity contribution in [2.45, 2.75) is 46.0 Å². The van der Waals surface area contributed by atoms with E-state index in [1.807, 2.05) is 6.92 Å². The Bertz CT molecular complexity index is 624. The second-order valence-corrected chi connectivity index (χ2v) is 6.75. The van der Waals surface area contributed by atoms with Crippen molar-refractivity contribution in [1.29, 1.82) is 0 Å². The number of amides is 2. The maximum absolute atomic E-state index is 11.8. The smallest absolute Gasteiger partial charge is 0.229 e. The molecule has 1 aliphatic heterocycles. The van der Waals surface area contributed by atoms with Gasteiger partial charge in [0.15, 0.2) is 5.96 Å². The van der Waals surface area contributed by atoms with Gasteiger partial charge in [0.25, 0.3) is 0 Å². The monoisotopic (exact) mass is 358 g/mol. The van der Waals surface area contributed by atoms with Crippen molar-refractivity contribution >= 4 is 17.8 Å². The third-order valence-corrected chi connectivity index (χ3v) is 4.53. The molecule has 0 bridgehead atoms. The molecule has 2 N–H and O–H groups in total. The van der Waals surface area contributed by atoms with E-state index in [2.05, 4.69) is 53.7 Å². The van der Waals surface area contributed by atoms with Gasteiger partial charge in [-0.05, 0) is 25.8 Å². The van der Waals surface area contributed by atoms with E-state index in [4.69, 9.17) is 0 Å². The van der Waals surface area contributed by atoms with Crippen LogP contribution in [0.3, 0.4) is 0 Å². The quantitative estimate of drug-likeness (QED) is 0.445. The molecule has 0 radical (unpaired) electrons. The topological polar surface area (TPSA) is 73.8 Å². The number of likely N-dealkylation sites (tertiary alicyclic amines) is 1. The molecule has 0 spiro atoms. The van der Waals surface area contributed by atoms with Gasteiger partial charge in [0.05, 0.1) is 0 Å². The number of aliphatic imine (C=N–C) groups is 1. The molecule has 1 fully saturated rings. The number of nitrogens with one attached hydrogen (secondary N) is 2. The Kier molecular flexibility index (Phi) is 7.63. The first-order chi connectivity index (χ1) is 12.5. The molecule has 6 heteroatoms. The molecular formula is C20H30N4O2. The number of nitrogens with zero attached hydrogens (tertiary/aromatic N) is 2. The van der Waals surface area contributed by atoms with E-state index in [1.54, 1.807) is 0 Å². The molecule has 26 heavy (non-hydrogen) atoms. The zero-order valence-corrected chi connectivity index (χ0v) is 16.0. The summed E-state index contributed by atoms with van der Waals surface area (Å²) in [4.78, 5) is 29.7. The average molecular weight is 358 g/mol. The van der Waals surface area contributed by atoms with Gasteiger partial charge < -0.3 is 10.6 Å². The van der Waals surface area contributed by atoms with Gasteiger partial charge in [0, 0.05) is 44.9 Å². The summed E-state index contributed by atoms with van der Waals surface area (Å²) >= 11 is 0. The molecule has 2 amide bonds. The Morgan fingerprint density at radius 3 is 2.42 bits per heavy atom. The van der Waals surface area contributed by atoms with E-state index in [0.717, 1.165) is 6.54 Å². The molecule has 1 aromatic rings. The molecule has 6 nitrogen and oxygen atoms in total. The van der Waals surface area contributed by atoms with Crippen molar-refractivity contribution in [2.75, 3.05) is 26.2 Å². The minimum atomic E-state index is -0.0713. The van der Waals surface area contributed by atoms with Gasteiger partial charge in [-0.25, -0.2) is 0 Å². The predicted molar refractivity (Wildman–Crippen MR) is 104 cm³/mol. The minimum Gasteiger partial charge on any atom is -0.357 e. The maximum atomic E-state index is 11.8. The first kappa shape index (κ1) is 19.9. The summed E-state index contributed by atoms with van der Waals surface area (Å²) in [6.45, 7) is 8.56. The molecule has 0 saturated carbocycles. The van der Waals surface area contributed by atoms with Crippen LogP contribution in [-0.4, -0.2) is 48.9 Å². The summed E-state index contributed by atoms with van der Waals surface area (Å²) in [6.07, 6.45) is 1.60. The number of hydrogen-bond donors (Lipinski definition) is 2. The number of carbonyl (C=O) groups excluding carboxylic acids is 2. The lowest BCUT2D eigenvalue weighted by Crippen LogP contribution is -2.46. The largest absolute Gasteiger partial charge is 0.357 e. The first-order valence-electron chi connectivity index (χ1n) is 9.43. The van der Waals surface area contributed by atoms with Crippen LogP contribution >= 0.6 is 0 Å². The minimum absolute atomic E-state index is 0.0713. The molecule has 142 valence electrons. The Hall–Kier alpha value is -2.37. The number of piperidine rings is 1. The molecule has 1 aliphatic rings. The van der Waals surface area contributed by atoms with Crippen LogP contribution < -0.4 is 10.6 Å². The molecular weight excluding hydrogens is 328 g/mol. The summed E-state index contributed by atoms with van der Waals surface area (Å²) in [5.74, 6) is 0.885. The van der Waals surface area contributed by atoms with Crippen molar-refractivity contribution in [3.05, 3.63) is 35.4 Å². The lowest BCUT2D eigenvalue weighted by Gasteiger charge is -2.25. The van der Waals surface area contributed by atoms with Crippen LogP contribution in [0.1, 0.15) is 50.2 Å². The van der Waals surface area contributed by atoms with E-state index >= 15 is 0 Å². The second kappa shape index (κ2) is 9.94. The van der Waals surface area contributed by atoms with E-state index in [1.165, 1.54) is 16.0 Å². The number of imide groups is 1. The number of carbonyl (C=O) groups is 2. The third kappa shape index (κ3) is 5.86. The fraction of sp³-hybridized carbons (Fsp3) is 0.550. The second-order valence-electron chi connectivity index (χ2n) is 6.75. The summed E-state index contributed by atoms with van der Waals surface area (Å²) < 4.78 is 0. The van der Waals surface area contributed by atoms with Gasteiger partial charge >= 0.3 is 0 Å². The molecule has 0 aliphatic carbocycles. The van der Waals surface area contributed by atoms with Crippen LogP contribution in [0.5, 0.6) is 0 Å². The Morgan fingerprint density at radius 2 is 1.81 bits per heavy atom. The van der Waals surface area contributed by atoms with E-state index < -0.39 is 0 Å². The fourth-order valence-electron chi connectivity index (χ4n) is 2.91. The summed E-state index contributed by atoms with van der Waals surface area (Å²) in [5, 5.41) is 6.43. The van der Waals surface area contributed by atoms with Gasteiger partial charge in [0.1, 0.15) is 0 Å². The lowest BCUT2D eigenvalue weighted by molar-refractivity contribution is -0.147. The molecule has 1 saturated heterocycles. The third-order valence-electron chi connectivity index (χ3n) is 4.53. The van der Waals surface area contributed by atoms with Gasteiger partial charge in [0.2, 0.25) is 11.8 Å². The number of rotatable bonds is 7. The van der Waals surface area contributed by atoms with E-state index in [0.29, 0.717) is 50.8 Å². The Morgan fingerprint density at radius 1 is 1.15 bits per heavy atom. The first-order valence-corrected chi connectivity index (χ1v) is 9.43. The van der Waals surface area contributed by atoms with Crippen LogP contribution in [0, 0.1) is 6.92 Å². The lowest BCUT2D eigenvalue weighted by atomic mass is 10.0. The van der Waals surface area contributed by atoms with E-state index in [9.17, 15) is 9.59 Å². The Balaban J connectivity index is 1.86. The van der Waals surface area contributed by atoms with Crippen molar-refractivity contribution in [1.82, 2.24) is 15.5 Å². The molecule has 0 aromatic heterocycles. The highest BCUT2D eigenvalue weighted by atomic mass is 16.2. The summed E-state index contributed by atoms with van der Waals surface area (Å²) in [5.41, 5.74) is 2.51. The fourth-order valence-corrected chi connectivity index (χ4v) is 2.91. The zero-order chi connectivity index (χ0) is 18.9.